The summed E-state index contributed by atoms with van der Waals surface area (Å²) in [7, 11) is 5.43. The average molecular weight is 522 g/mol. The molecular weight excluding hydrogens is 485 g/mol. The molecule has 38 heavy (non-hydrogen) atoms. The van der Waals surface area contributed by atoms with Crippen LogP contribution in [0.15, 0.2) is 47.4 Å². The van der Waals surface area contributed by atoms with Gasteiger partial charge in [0.1, 0.15) is 6.17 Å². The molecule has 0 radical (unpaired) electrons. The van der Waals surface area contributed by atoms with Crippen LogP contribution in [0.3, 0.4) is 0 Å². The van der Waals surface area contributed by atoms with Crippen LogP contribution in [-0.4, -0.2) is 61.9 Å². The van der Waals surface area contributed by atoms with E-state index in [-0.39, 0.29) is 17.6 Å². The van der Waals surface area contributed by atoms with Gasteiger partial charge < -0.3 is 19.3 Å². The smallest absolute Gasteiger partial charge is 0.263 e. The van der Waals surface area contributed by atoms with E-state index < -0.39 is 6.17 Å². The molecule has 0 spiro atoms. The van der Waals surface area contributed by atoms with Crippen LogP contribution < -0.4 is 19.9 Å². The molecule has 2 fully saturated rings. The largest absolute Gasteiger partial charge is 0.493 e. The topological polar surface area (TPSA) is 64.0 Å². The minimum absolute atomic E-state index is 0.0759. The number of benzene rings is 2. The third kappa shape index (κ3) is 5.22. The van der Waals surface area contributed by atoms with Crippen molar-refractivity contribution in [2.45, 2.75) is 57.2 Å². The predicted octanol–water partition coefficient (Wildman–Crippen LogP) is 5.35. The standard InChI is InChI=1S/C30H36FN3O4/c1-32(2)21-8-7-9-22(16-21)34-19-26(29(35)33-14-12-20(31)13-15-33)24-17-28(38-23-10-5-4-6-11-23)27(37-3)18-25(24)30(34)36/h7-9,16-20,23H,4-6,10-15H2,1-3H3. The maximum Gasteiger partial charge on any atom is 0.263 e. The summed E-state index contributed by atoms with van der Waals surface area (Å²) in [6.45, 7) is 0.691. The van der Waals surface area contributed by atoms with E-state index in [1.807, 2.05) is 43.3 Å². The van der Waals surface area contributed by atoms with Crippen molar-refractivity contribution >= 4 is 22.4 Å². The number of nitrogens with zero attached hydrogens (tertiary/aromatic N) is 3. The molecule has 3 aromatic rings. The van der Waals surface area contributed by atoms with E-state index in [0.29, 0.717) is 59.5 Å². The highest BCUT2D eigenvalue weighted by molar-refractivity contribution is 6.07. The van der Waals surface area contributed by atoms with Crippen molar-refractivity contribution in [2.24, 2.45) is 0 Å². The Hall–Kier alpha value is -3.55. The van der Waals surface area contributed by atoms with Gasteiger partial charge in [-0.05, 0) is 68.9 Å². The molecule has 1 aromatic heterocycles. The van der Waals surface area contributed by atoms with Crippen molar-refractivity contribution in [3.63, 3.8) is 0 Å². The number of alkyl halides is 1. The molecule has 1 saturated carbocycles. The van der Waals surface area contributed by atoms with Crippen LogP contribution in [-0.2, 0) is 0 Å². The summed E-state index contributed by atoms with van der Waals surface area (Å²) >= 11 is 0. The molecule has 2 aromatic carbocycles. The summed E-state index contributed by atoms with van der Waals surface area (Å²) in [6.07, 6.45) is 6.82. The molecule has 2 heterocycles. The summed E-state index contributed by atoms with van der Waals surface area (Å²) in [6, 6.07) is 11.1. The number of methoxy groups -OCH3 is 1. The third-order valence-corrected chi connectivity index (χ3v) is 7.71. The number of hydrogen-bond acceptors (Lipinski definition) is 5. The molecule has 1 aliphatic carbocycles. The van der Waals surface area contributed by atoms with Gasteiger partial charge >= 0.3 is 0 Å². The number of rotatable bonds is 6. The normalized spacial score (nSPS) is 17.0. The predicted molar refractivity (Wildman–Crippen MR) is 148 cm³/mol. The zero-order valence-electron chi connectivity index (χ0n) is 22.4. The first kappa shape index (κ1) is 26.1. The second-order valence-electron chi connectivity index (χ2n) is 10.5. The van der Waals surface area contributed by atoms with E-state index in [4.69, 9.17) is 9.47 Å². The van der Waals surface area contributed by atoms with Gasteiger partial charge in [0.2, 0.25) is 0 Å². The molecule has 1 amide bonds. The van der Waals surface area contributed by atoms with E-state index in [2.05, 4.69) is 0 Å². The molecule has 5 rings (SSSR count). The minimum atomic E-state index is -0.890. The minimum Gasteiger partial charge on any atom is -0.493 e. The third-order valence-electron chi connectivity index (χ3n) is 7.71. The molecule has 2 aliphatic rings. The SMILES string of the molecule is COc1cc2c(=O)n(-c3cccc(N(C)C)c3)cc(C(=O)N3CCC(F)CC3)c2cc1OC1CCCCC1. The van der Waals surface area contributed by atoms with Crippen LogP contribution in [0, 0.1) is 0 Å². The monoisotopic (exact) mass is 521 g/mol. The second-order valence-corrected chi connectivity index (χ2v) is 10.5. The molecule has 0 unspecified atom stereocenters. The number of anilines is 1. The van der Waals surface area contributed by atoms with Gasteiger partial charge in [-0.3, -0.25) is 14.2 Å². The number of ether oxygens (including phenoxy) is 2. The van der Waals surface area contributed by atoms with Gasteiger partial charge in [0.15, 0.2) is 11.5 Å². The summed E-state index contributed by atoms with van der Waals surface area (Å²) in [5.74, 6) is 0.792. The van der Waals surface area contributed by atoms with Crippen molar-refractivity contribution in [2.75, 3.05) is 39.2 Å². The lowest BCUT2D eigenvalue weighted by molar-refractivity contribution is 0.0668. The van der Waals surface area contributed by atoms with Gasteiger partial charge in [-0.1, -0.05) is 12.5 Å². The molecule has 1 saturated heterocycles. The fourth-order valence-corrected chi connectivity index (χ4v) is 5.47. The van der Waals surface area contributed by atoms with Gasteiger partial charge in [0.25, 0.3) is 11.5 Å². The molecule has 7 nitrogen and oxygen atoms in total. The van der Waals surface area contributed by atoms with E-state index in [9.17, 15) is 14.0 Å². The van der Waals surface area contributed by atoms with Gasteiger partial charge in [0.05, 0.1) is 29.9 Å². The molecular formula is C30H36FN3O4. The Bertz CT molecular complexity index is 1370. The zero-order chi connectivity index (χ0) is 26.8. The van der Waals surface area contributed by atoms with Crippen molar-refractivity contribution < 1.29 is 18.7 Å². The lowest BCUT2D eigenvalue weighted by atomic mass is 9.97. The zero-order valence-corrected chi connectivity index (χ0v) is 22.4. The van der Waals surface area contributed by atoms with E-state index in [1.54, 1.807) is 30.3 Å². The number of pyridine rings is 1. The summed E-state index contributed by atoms with van der Waals surface area (Å²) < 4.78 is 27.4. The van der Waals surface area contributed by atoms with Crippen LogP contribution in [0.4, 0.5) is 10.1 Å². The lowest BCUT2D eigenvalue weighted by Crippen LogP contribution is -2.39. The Morgan fingerprint density at radius 3 is 2.37 bits per heavy atom. The molecule has 202 valence electrons. The number of hydrogen-bond donors (Lipinski definition) is 0. The lowest BCUT2D eigenvalue weighted by Gasteiger charge is -2.29. The van der Waals surface area contributed by atoms with Gasteiger partial charge in [0, 0.05) is 44.5 Å². The number of fused-ring (bicyclic) bond motifs is 1. The molecule has 8 heteroatoms. The Balaban J connectivity index is 1.68. The maximum atomic E-state index is 13.9. The number of carbonyl (C=O) groups excluding carboxylic acids is 1. The van der Waals surface area contributed by atoms with E-state index in [1.165, 1.54) is 11.0 Å². The Labute approximate surface area is 222 Å². The van der Waals surface area contributed by atoms with Crippen LogP contribution in [0.25, 0.3) is 16.5 Å². The van der Waals surface area contributed by atoms with E-state index in [0.717, 1.165) is 31.4 Å². The van der Waals surface area contributed by atoms with Gasteiger partial charge in [-0.15, -0.1) is 0 Å². The highest BCUT2D eigenvalue weighted by Crippen LogP contribution is 2.36. The van der Waals surface area contributed by atoms with E-state index >= 15 is 0 Å². The number of halogens is 1. The molecule has 0 atom stereocenters. The highest BCUT2D eigenvalue weighted by atomic mass is 19.1. The average Bonchev–Trinajstić information content (AvgIpc) is 2.94. The number of aromatic nitrogens is 1. The fourth-order valence-electron chi connectivity index (χ4n) is 5.47. The van der Waals surface area contributed by atoms with Crippen LogP contribution in [0.5, 0.6) is 11.5 Å². The van der Waals surface area contributed by atoms with Crippen LogP contribution in [0.1, 0.15) is 55.3 Å². The second kappa shape index (κ2) is 11.1. The Morgan fingerprint density at radius 2 is 1.68 bits per heavy atom. The number of likely N-dealkylation sites (tertiary alicyclic amines) is 1. The highest BCUT2D eigenvalue weighted by Gasteiger charge is 2.27. The van der Waals surface area contributed by atoms with Crippen LogP contribution >= 0.6 is 0 Å². The summed E-state index contributed by atoms with van der Waals surface area (Å²) in [5, 5.41) is 0.897. The first-order chi connectivity index (χ1) is 18.4. The fraction of sp³-hybridized carbons (Fsp3) is 0.467. The van der Waals surface area contributed by atoms with Crippen molar-refractivity contribution in [1.29, 1.82) is 0 Å². The van der Waals surface area contributed by atoms with Gasteiger partial charge in [-0.2, -0.15) is 0 Å². The molecule has 0 N–H and O–H groups in total. The summed E-state index contributed by atoms with van der Waals surface area (Å²) in [4.78, 5) is 31.3. The van der Waals surface area contributed by atoms with Crippen molar-refractivity contribution in [3.05, 3.63) is 58.5 Å². The number of piperidine rings is 1. The maximum absolute atomic E-state index is 13.9. The summed E-state index contributed by atoms with van der Waals surface area (Å²) in [5.41, 5.74) is 1.73. The number of carbonyl (C=O) groups is 1. The van der Waals surface area contributed by atoms with Crippen LogP contribution in [0.2, 0.25) is 0 Å². The van der Waals surface area contributed by atoms with Gasteiger partial charge in [-0.25, -0.2) is 4.39 Å². The first-order valence-corrected chi connectivity index (χ1v) is 13.5. The molecule has 1 aliphatic heterocycles. The van der Waals surface area contributed by atoms with Crippen molar-refractivity contribution in [3.8, 4) is 17.2 Å². The first-order valence-electron chi connectivity index (χ1n) is 13.5. The molecule has 0 bridgehead atoms. The quantitative estimate of drug-likeness (QED) is 0.438. The Morgan fingerprint density at radius 1 is 0.974 bits per heavy atom. The van der Waals surface area contributed by atoms with Crippen molar-refractivity contribution in [1.82, 2.24) is 9.47 Å². The number of amides is 1. The Kier molecular flexibility index (Phi) is 7.58.